The highest BCUT2D eigenvalue weighted by molar-refractivity contribution is 5.95. The second-order valence-electron chi connectivity index (χ2n) is 20.1. The number of amides is 1. The van der Waals surface area contributed by atoms with Crippen LogP contribution in [-0.4, -0.2) is 89.1 Å². The first-order valence-electron chi connectivity index (χ1n) is 26.0. The number of aromatic nitrogens is 6. The second kappa shape index (κ2) is 23.7. The number of nitrogens with zero attached hydrogens (tertiary/aromatic N) is 7. The quantitative estimate of drug-likeness (QED) is 0.0982. The van der Waals surface area contributed by atoms with Gasteiger partial charge in [-0.25, -0.2) is 14.2 Å². The lowest BCUT2D eigenvalue weighted by atomic mass is 9.83. The largest absolute Gasteiger partial charge is 0.481 e. The van der Waals surface area contributed by atoms with Crippen LogP contribution in [0, 0.1) is 41.5 Å². The first-order valence-corrected chi connectivity index (χ1v) is 26.0. The molecule has 2 atom stereocenters. The Balaban J connectivity index is 0.000000172. The zero-order chi connectivity index (χ0) is 54.4. The van der Waals surface area contributed by atoms with Crippen LogP contribution in [0.15, 0.2) is 97.1 Å². The molecule has 2 aromatic heterocycles. The zero-order valence-corrected chi connectivity index (χ0v) is 45.0. The minimum Gasteiger partial charge on any atom is -0.481 e. The van der Waals surface area contributed by atoms with Gasteiger partial charge in [-0.05, 0) is 167 Å². The third kappa shape index (κ3) is 12.1. The molecule has 3 N–H and O–H groups in total. The van der Waals surface area contributed by atoms with E-state index in [-0.39, 0.29) is 30.1 Å². The molecule has 0 aliphatic carbocycles. The fraction of sp³-hybridized carbons (Fsp3) is 0.344. The number of hydrogen-bond donors (Lipinski definition) is 3. The number of aryl methyl sites for hydroxylation is 8. The van der Waals surface area contributed by atoms with Gasteiger partial charge in [0.2, 0.25) is 0 Å². The lowest BCUT2D eigenvalue weighted by molar-refractivity contribution is -0.141. The number of hydrogen-bond acceptors (Lipinski definition) is 10. The molecular formula is C61H68N8O7. The number of aliphatic carboxylic acids is 1. The number of esters is 1. The Bertz CT molecular complexity index is 3440. The molecule has 0 radical (unpaired) electrons. The van der Waals surface area contributed by atoms with E-state index < -0.39 is 11.9 Å². The van der Waals surface area contributed by atoms with Crippen molar-refractivity contribution >= 4 is 45.9 Å². The summed E-state index contributed by atoms with van der Waals surface area (Å²) in [6.45, 7) is 20.5. The number of carboxylic acid groups (broad SMARTS) is 2. The average molecular weight is 1030 g/mol. The van der Waals surface area contributed by atoms with E-state index in [1.165, 1.54) is 23.8 Å². The topological polar surface area (TPSA) is 195 Å². The molecule has 0 fully saturated rings. The molecule has 15 heteroatoms. The monoisotopic (exact) mass is 1020 g/mol. The Morgan fingerprint density at radius 1 is 0.605 bits per heavy atom. The van der Waals surface area contributed by atoms with Gasteiger partial charge in [-0.2, -0.15) is 0 Å². The Hall–Kier alpha value is -8.04. The molecular weight excluding hydrogens is 957 g/mol. The van der Waals surface area contributed by atoms with Crippen LogP contribution in [0.5, 0.6) is 0 Å². The fourth-order valence-corrected chi connectivity index (χ4v) is 10.9. The van der Waals surface area contributed by atoms with E-state index in [0.717, 1.165) is 122 Å². The van der Waals surface area contributed by atoms with E-state index in [2.05, 4.69) is 88.3 Å². The number of ether oxygens (including phenoxy) is 1. The number of carbonyl (C=O) groups is 4. The maximum Gasteiger partial charge on any atom is 0.335 e. The summed E-state index contributed by atoms with van der Waals surface area (Å²) in [5.41, 5.74) is 20.0. The van der Waals surface area contributed by atoms with E-state index in [1.54, 1.807) is 12.1 Å². The van der Waals surface area contributed by atoms with Gasteiger partial charge in [0.15, 0.2) is 0 Å². The maximum atomic E-state index is 13.3. The molecule has 0 bridgehead atoms. The Morgan fingerprint density at radius 2 is 1.11 bits per heavy atom. The molecule has 76 heavy (non-hydrogen) atoms. The number of carbonyl (C=O) groups excluding carboxylic acids is 2. The standard InChI is InChI=1S/C30H32N4O3.C22H26N4O2.C9H10O2/c1-5-34-27-9-8-25(20(4)29(27)31-32-34)26(16-28(35)36)22-7-6-21-10-11-33(17-24(21)15-22)30(37)23-13-18(2)12-19(3)14-23;1-4-26-20-8-7-18(14(2)22(20)24-25-26)19(12-21(27)28-3)16-6-5-15-9-10-23-13-17(15)11-16;1-6-3-7(2)5-8(4-6)9(10)11/h6-9,12-15,26H,5,10-11,16-17H2,1-4H3,(H,35,36);5-8,11,19,23H,4,9-10,12-13H2,1-3H3;3-5H,1-2H3,(H,10,11). The van der Waals surface area contributed by atoms with E-state index in [9.17, 15) is 24.3 Å². The highest BCUT2D eigenvalue weighted by Gasteiger charge is 2.28. The highest BCUT2D eigenvalue weighted by atomic mass is 16.5. The molecule has 4 heterocycles. The van der Waals surface area contributed by atoms with Gasteiger partial charge in [0.1, 0.15) is 11.0 Å². The van der Waals surface area contributed by atoms with Crippen molar-refractivity contribution < 1.29 is 34.1 Å². The zero-order valence-electron chi connectivity index (χ0n) is 45.0. The number of nitrogens with one attached hydrogen (secondary N) is 1. The van der Waals surface area contributed by atoms with E-state index >= 15 is 0 Å². The van der Waals surface area contributed by atoms with Gasteiger partial charge in [0.05, 0.1) is 36.5 Å². The van der Waals surface area contributed by atoms with Crippen molar-refractivity contribution in [3.63, 3.8) is 0 Å². The van der Waals surface area contributed by atoms with Crippen molar-refractivity contribution in [3.8, 4) is 0 Å². The van der Waals surface area contributed by atoms with Crippen molar-refractivity contribution in [2.24, 2.45) is 0 Å². The van der Waals surface area contributed by atoms with Gasteiger partial charge in [0.25, 0.3) is 5.91 Å². The summed E-state index contributed by atoms with van der Waals surface area (Å²) in [4.78, 5) is 49.9. The van der Waals surface area contributed by atoms with Crippen LogP contribution >= 0.6 is 0 Å². The molecule has 15 nitrogen and oxygen atoms in total. The molecule has 0 saturated heterocycles. The first kappa shape index (κ1) is 54.2. The maximum absolute atomic E-state index is 13.3. The third-order valence-electron chi connectivity index (χ3n) is 14.7. The van der Waals surface area contributed by atoms with Crippen LogP contribution in [0.2, 0.25) is 0 Å². The lowest BCUT2D eigenvalue weighted by Crippen LogP contribution is -2.36. The molecule has 0 saturated carbocycles. The smallest absolute Gasteiger partial charge is 0.335 e. The SMILES string of the molecule is CCn1nnc2c(C)c(C(CC(=O)O)c3ccc4c(c3)CN(C(=O)c3cc(C)cc(C)c3)CC4)ccc21.CCn1nnc2c(C)c(C(CC(=O)OC)c3ccc4c(c3)CNCC4)ccc21.Cc1cc(C)cc(C(=O)O)c1. The predicted octanol–water partition coefficient (Wildman–Crippen LogP) is 10.3. The summed E-state index contributed by atoms with van der Waals surface area (Å²) in [6, 6.07) is 32.2. The van der Waals surface area contributed by atoms with E-state index in [1.807, 2.05) is 92.2 Å². The summed E-state index contributed by atoms with van der Waals surface area (Å²) in [5.74, 6) is -2.30. The van der Waals surface area contributed by atoms with Gasteiger partial charge in [-0.15, -0.1) is 10.2 Å². The minimum atomic E-state index is -0.864. The Morgan fingerprint density at radius 3 is 1.61 bits per heavy atom. The summed E-state index contributed by atoms with van der Waals surface area (Å²) >= 11 is 0. The number of methoxy groups -OCH3 is 1. The third-order valence-corrected chi connectivity index (χ3v) is 14.7. The number of fused-ring (bicyclic) bond motifs is 4. The first-order chi connectivity index (χ1) is 36.5. The number of aromatic carboxylic acids is 1. The van der Waals surface area contributed by atoms with Crippen LogP contribution in [0.25, 0.3) is 22.1 Å². The molecule has 8 aromatic rings. The summed E-state index contributed by atoms with van der Waals surface area (Å²) in [5, 5.41) is 39.1. The number of carboxylic acids is 2. The van der Waals surface area contributed by atoms with Crippen molar-refractivity contribution in [1.29, 1.82) is 0 Å². The van der Waals surface area contributed by atoms with E-state index in [4.69, 9.17) is 9.84 Å². The van der Waals surface area contributed by atoms with Crippen molar-refractivity contribution in [2.45, 2.75) is 119 Å². The normalized spacial score (nSPS) is 13.6. The van der Waals surface area contributed by atoms with E-state index in [0.29, 0.717) is 30.6 Å². The average Bonchev–Trinajstić information content (AvgIpc) is 4.04. The lowest BCUT2D eigenvalue weighted by Gasteiger charge is -2.30. The highest BCUT2D eigenvalue weighted by Crippen LogP contribution is 2.37. The molecule has 1 amide bonds. The molecule has 394 valence electrons. The van der Waals surface area contributed by atoms with Crippen molar-refractivity contribution in [1.82, 2.24) is 40.2 Å². The molecule has 0 spiro atoms. The molecule has 2 unspecified atom stereocenters. The minimum absolute atomic E-state index is 0.0295. The van der Waals surface area contributed by atoms with Crippen LogP contribution in [-0.2, 0) is 53.3 Å². The molecule has 2 aliphatic heterocycles. The molecule has 2 aliphatic rings. The van der Waals surface area contributed by atoms with Gasteiger partial charge in [0, 0.05) is 50.1 Å². The van der Waals surface area contributed by atoms with Gasteiger partial charge in [-0.3, -0.25) is 14.4 Å². The fourth-order valence-electron chi connectivity index (χ4n) is 10.9. The van der Waals surface area contributed by atoms with Crippen molar-refractivity contribution in [3.05, 3.63) is 186 Å². The molecule has 6 aromatic carbocycles. The van der Waals surface area contributed by atoms with Gasteiger partial charge < -0.3 is 25.2 Å². The van der Waals surface area contributed by atoms with Crippen molar-refractivity contribution in [2.75, 3.05) is 20.2 Å². The number of rotatable bonds is 12. The van der Waals surface area contributed by atoms with Crippen LogP contribution in [0.4, 0.5) is 0 Å². The Labute approximate surface area is 443 Å². The Kier molecular flexibility index (Phi) is 16.9. The van der Waals surface area contributed by atoms with Crippen LogP contribution < -0.4 is 5.32 Å². The van der Waals surface area contributed by atoms with Gasteiger partial charge in [-0.1, -0.05) is 93.3 Å². The summed E-state index contributed by atoms with van der Waals surface area (Å²) in [6.07, 6.45) is 2.10. The van der Waals surface area contributed by atoms with Gasteiger partial charge >= 0.3 is 17.9 Å². The molecule has 10 rings (SSSR count). The van der Waals surface area contributed by atoms with Crippen LogP contribution in [0.3, 0.4) is 0 Å². The number of benzene rings is 6. The summed E-state index contributed by atoms with van der Waals surface area (Å²) in [7, 11) is 1.44. The predicted molar refractivity (Wildman–Crippen MR) is 294 cm³/mol. The van der Waals surface area contributed by atoms with Crippen LogP contribution in [0.1, 0.15) is 137 Å². The summed E-state index contributed by atoms with van der Waals surface area (Å²) < 4.78 is 8.74. The second-order valence-corrected chi connectivity index (χ2v) is 20.1.